The standard InChI is InChI=1S/C30H62O.C4H11NO.ClH/c1-2-3-4-5-6-7-8-9-10-11-12-13-14-15-16-17-18-19-20-21-22-23-24-25-26-27-28-29-30-31;1-5(2)3-4-6;/h31H,2-30H2,1H3;6H,3-4H2,1-2H3;1H. The SMILES string of the molecule is CCCCCCCCCCCCCCCCCCCCCCCCCCCCCCO.C[NH+](C)CCO.[Cl-]. The molecule has 38 heavy (non-hydrogen) atoms. The first-order valence-electron chi connectivity index (χ1n) is 17.2. The molecule has 0 spiro atoms. The van der Waals surface area contributed by atoms with Crippen molar-refractivity contribution in [3.8, 4) is 0 Å². The fourth-order valence-corrected chi connectivity index (χ4v) is 5.00. The molecule has 0 radical (unpaired) electrons. The van der Waals surface area contributed by atoms with Gasteiger partial charge in [-0.3, -0.25) is 0 Å². The lowest BCUT2D eigenvalue weighted by Crippen LogP contribution is -3.06. The van der Waals surface area contributed by atoms with Gasteiger partial charge in [-0.25, -0.2) is 0 Å². The number of likely N-dealkylation sites (N-methyl/N-ethyl adjacent to an activating group) is 1. The summed E-state index contributed by atoms with van der Waals surface area (Å²) in [5.74, 6) is 0. The van der Waals surface area contributed by atoms with Crippen LogP contribution in [0.5, 0.6) is 0 Å². The van der Waals surface area contributed by atoms with E-state index in [-0.39, 0.29) is 12.4 Å². The van der Waals surface area contributed by atoms with Crippen molar-refractivity contribution < 1.29 is 27.5 Å². The molecule has 0 saturated carbocycles. The Hall–Kier alpha value is 0.170. The molecule has 0 aromatic carbocycles. The Kier molecular flexibility index (Phi) is 46.7. The smallest absolute Gasteiger partial charge is 0.100 e. The van der Waals surface area contributed by atoms with Crippen LogP contribution in [0.25, 0.3) is 0 Å². The van der Waals surface area contributed by atoms with Crippen molar-refractivity contribution in [3.05, 3.63) is 0 Å². The number of aliphatic hydroxyl groups is 2. The summed E-state index contributed by atoms with van der Waals surface area (Å²) in [7, 11) is 4.02. The molecule has 0 aliphatic heterocycles. The number of rotatable bonds is 30. The van der Waals surface area contributed by atoms with Gasteiger partial charge in [-0.1, -0.05) is 180 Å². The topological polar surface area (TPSA) is 44.9 Å². The van der Waals surface area contributed by atoms with Gasteiger partial charge in [-0.15, -0.1) is 0 Å². The first-order chi connectivity index (χ1) is 18.2. The van der Waals surface area contributed by atoms with Gasteiger partial charge in [0.25, 0.3) is 0 Å². The van der Waals surface area contributed by atoms with E-state index in [9.17, 15) is 0 Å². The lowest BCUT2D eigenvalue weighted by atomic mass is 10.0. The molecule has 3 nitrogen and oxygen atoms in total. The third kappa shape index (κ3) is 46.0. The molecule has 0 aromatic rings. The zero-order valence-corrected chi connectivity index (χ0v) is 27.4. The van der Waals surface area contributed by atoms with E-state index in [0.29, 0.717) is 13.2 Å². The van der Waals surface area contributed by atoms with Crippen LogP contribution in [0, 0.1) is 0 Å². The lowest BCUT2D eigenvalue weighted by Gasteiger charge is -2.04. The summed E-state index contributed by atoms with van der Waals surface area (Å²) in [6.45, 7) is 3.82. The average Bonchev–Trinajstić information content (AvgIpc) is 2.88. The Labute approximate surface area is 247 Å². The molecule has 0 fully saturated rings. The largest absolute Gasteiger partial charge is 1.00 e. The second-order valence-electron chi connectivity index (χ2n) is 12.0. The highest BCUT2D eigenvalue weighted by molar-refractivity contribution is 4.52. The summed E-state index contributed by atoms with van der Waals surface area (Å²) in [6.07, 6.45) is 40.1. The van der Waals surface area contributed by atoms with E-state index in [1.54, 1.807) is 0 Å². The van der Waals surface area contributed by atoms with Crippen LogP contribution < -0.4 is 17.3 Å². The van der Waals surface area contributed by atoms with Gasteiger partial charge in [-0.05, 0) is 6.42 Å². The molecule has 0 aromatic heterocycles. The van der Waals surface area contributed by atoms with Crippen LogP contribution in [0.2, 0.25) is 0 Å². The number of hydrogen-bond acceptors (Lipinski definition) is 2. The van der Waals surface area contributed by atoms with Gasteiger partial charge in [0, 0.05) is 6.61 Å². The van der Waals surface area contributed by atoms with E-state index in [4.69, 9.17) is 10.2 Å². The molecule has 0 saturated heterocycles. The van der Waals surface area contributed by atoms with Crippen molar-refractivity contribution in [2.45, 2.75) is 187 Å². The number of unbranched alkanes of at least 4 members (excludes halogenated alkanes) is 27. The van der Waals surface area contributed by atoms with Crippen molar-refractivity contribution in [3.63, 3.8) is 0 Å². The van der Waals surface area contributed by atoms with Crippen LogP contribution in [0.1, 0.15) is 187 Å². The van der Waals surface area contributed by atoms with Gasteiger partial charge in [-0.2, -0.15) is 0 Å². The Morgan fingerprint density at radius 1 is 0.342 bits per heavy atom. The van der Waals surface area contributed by atoms with Crippen LogP contribution in [0.15, 0.2) is 0 Å². The number of hydrogen-bond donors (Lipinski definition) is 3. The molecule has 3 N–H and O–H groups in total. The van der Waals surface area contributed by atoms with Crippen molar-refractivity contribution in [1.29, 1.82) is 0 Å². The minimum atomic E-state index is 0. The second kappa shape index (κ2) is 41.6. The van der Waals surface area contributed by atoms with Crippen molar-refractivity contribution in [2.24, 2.45) is 0 Å². The zero-order valence-electron chi connectivity index (χ0n) is 26.7. The summed E-state index contributed by atoms with van der Waals surface area (Å²) < 4.78 is 0. The summed E-state index contributed by atoms with van der Waals surface area (Å²) >= 11 is 0. The van der Waals surface area contributed by atoms with E-state index in [1.165, 1.54) is 178 Å². The molecule has 0 atom stereocenters. The molecule has 0 bridgehead atoms. The molecule has 0 aliphatic carbocycles. The van der Waals surface area contributed by atoms with Crippen LogP contribution in [-0.2, 0) is 0 Å². The van der Waals surface area contributed by atoms with Crippen molar-refractivity contribution >= 4 is 0 Å². The van der Waals surface area contributed by atoms with Crippen LogP contribution in [-0.4, -0.2) is 44.1 Å². The summed E-state index contributed by atoms with van der Waals surface area (Å²) in [4.78, 5) is 1.29. The number of quaternary nitrogens is 1. The average molecular weight is 564 g/mol. The predicted molar refractivity (Wildman–Crippen MR) is 167 cm³/mol. The molecule has 0 rings (SSSR count). The normalized spacial score (nSPS) is 10.9. The van der Waals surface area contributed by atoms with Gasteiger partial charge in [0.1, 0.15) is 6.54 Å². The molecule has 234 valence electrons. The third-order valence-corrected chi connectivity index (χ3v) is 7.62. The summed E-state index contributed by atoms with van der Waals surface area (Å²) in [5, 5.41) is 17.0. The Balaban J connectivity index is -0.00000155. The fraction of sp³-hybridized carbons (Fsp3) is 1.00. The van der Waals surface area contributed by atoms with E-state index >= 15 is 0 Å². The highest BCUT2D eigenvalue weighted by Gasteiger charge is 1.96. The maximum atomic E-state index is 8.76. The Morgan fingerprint density at radius 3 is 0.684 bits per heavy atom. The minimum absolute atomic E-state index is 0. The number of halogens is 1. The maximum Gasteiger partial charge on any atom is 0.100 e. The zero-order chi connectivity index (χ0) is 27.5. The number of nitrogens with one attached hydrogen (secondary N) is 1. The predicted octanol–water partition coefficient (Wildman–Crippen LogP) is 6.05. The highest BCUT2D eigenvalue weighted by atomic mass is 35.5. The number of aliphatic hydroxyl groups excluding tert-OH is 2. The van der Waals surface area contributed by atoms with Gasteiger partial charge in [0.2, 0.25) is 0 Å². The van der Waals surface area contributed by atoms with Crippen molar-refractivity contribution in [1.82, 2.24) is 0 Å². The van der Waals surface area contributed by atoms with Crippen LogP contribution in [0.4, 0.5) is 0 Å². The van der Waals surface area contributed by atoms with Crippen LogP contribution >= 0.6 is 0 Å². The molecular formula is C34H74ClNO2. The summed E-state index contributed by atoms with van der Waals surface area (Å²) in [5.41, 5.74) is 0. The minimum Gasteiger partial charge on any atom is -1.00 e. The Bertz CT molecular complexity index is 340. The maximum absolute atomic E-state index is 8.76. The van der Waals surface area contributed by atoms with E-state index in [0.717, 1.165) is 13.0 Å². The third-order valence-electron chi connectivity index (χ3n) is 7.62. The monoisotopic (exact) mass is 564 g/mol. The molecule has 0 heterocycles. The molecule has 0 aliphatic rings. The van der Waals surface area contributed by atoms with E-state index in [2.05, 4.69) is 6.92 Å². The summed E-state index contributed by atoms with van der Waals surface area (Å²) in [6, 6.07) is 0. The first-order valence-corrected chi connectivity index (χ1v) is 17.2. The van der Waals surface area contributed by atoms with Crippen molar-refractivity contribution in [2.75, 3.05) is 33.9 Å². The van der Waals surface area contributed by atoms with E-state index in [1.807, 2.05) is 14.1 Å². The van der Waals surface area contributed by atoms with Gasteiger partial charge >= 0.3 is 0 Å². The van der Waals surface area contributed by atoms with Crippen LogP contribution in [0.3, 0.4) is 0 Å². The van der Waals surface area contributed by atoms with E-state index < -0.39 is 0 Å². The molecule has 4 heteroatoms. The lowest BCUT2D eigenvalue weighted by molar-refractivity contribution is -0.858. The second-order valence-corrected chi connectivity index (χ2v) is 12.0. The highest BCUT2D eigenvalue weighted by Crippen LogP contribution is 2.16. The Morgan fingerprint density at radius 2 is 0.553 bits per heavy atom. The molecular weight excluding hydrogens is 490 g/mol. The molecule has 0 unspecified atom stereocenters. The first kappa shape index (κ1) is 42.6. The quantitative estimate of drug-likeness (QED) is 0.0931. The van der Waals surface area contributed by atoms with Gasteiger partial charge < -0.3 is 27.5 Å². The molecule has 0 amide bonds. The van der Waals surface area contributed by atoms with Gasteiger partial charge in [0.05, 0.1) is 20.7 Å². The van der Waals surface area contributed by atoms with Gasteiger partial charge in [0.15, 0.2) is 0 Å². The fourth-order valence-electron chi connectivity index (χ4n) is 5.00.